The molecule has 0 radical (unpaired) electrons. The number of likely N-dealkylation sites (N-methyl/N-ethyl adjacent to an activating group) is 2. The third kappa shape index (κ3) is 9.09. The number of hydrogen-bond acceptors (Lipinski definition) is 5. The summed E-state index contributed by atoms with van der Waals surface area (Å²) in [6.07, 6.45) is 2.90. The summed E-state index contributed by atoms with van der Waals surface area (Å²) < 4.78 is 45.9. The van der Waals surface area contributed by atoms with Crippen LogP contribution in [-0.4, -0.2) is 68.5 Å². The van der Waals surface area contributed by atoms with E-state index in [4.69, 9.17) is 4.74 Å². The van der Waals surface area contributed by atoms with Gasteiger partial charge in [0, 0.05) is 38.8 Å². The molecule has 0 N–H and O–H groups in total. The summed E-state index contributed by atoms with van der Waals surface area (Å²) >= 11 is 0. The first-order valence-corrected chi connectivity index (χ1v) is 13.5. The SMILES string of the molecule is Cc1ccc(N(C=O)N(C)CCN(C)C)cc1C1CCN(Cc2ccc(Oc3cc(F)c(F)cc3F)cc2)CC1.Cl.Cl. The smallest absolute Gasteiger partial charge is 0.228 e. The third-order valence-corrected chi connectivity index (χ3v) is 7.43. The van der Waals surface area contributed by atoms with Crippen molar-refractivity contribution in [2.45, 2.75) is 32.2 Å². The summed E-state index contributed by atoms with van der Waals surface area (Å²) in [7, 11) is 5.95. The number of rotatable bonds is 11. The quantitative estimate of drug-likeness (QED) is 0.133. The minimum atomic E-state index is -1.25. The van der Waals surface area contributed by atoms with Crippen molar-refractivity contribution in [1.29, 1.82) is 0 Å². The van der Waals surface area contributed by atoms with Crippen LogP contribution in [0.3, 0.4) is 0 Å². The van der Waals surface area contributed by atoms with E-state index < -0.39 is 17.5 Å². The summed E-state index contributed by atoms with van der Waals surface area (Å²) in [5.41, 5.74) is 4.48. The van der Waals surface area contributed by atoms with Gasteiger partial charge in [-0.2, -0.15) is 0 Å². The lowest BCUT2D eigenvalue weighted by Gasteiger charge is -2.34. The summed E-state index contributed by atoms with van der Waals surface area (Å²) in [4.78, 5) is 16.4. The normalized spacial score (nSPS) is 13.9. The molecule has 3 aromatic carbocycles. The number of amides is 1. The molecule has 1 saturated heterocycles. The minimum absolute atomic E-state index is 0. The van der Waals surface area contributed by atoms with E-state index in [9.17, 15) is 18.0 Å². The van der Waals surface area contributed by atoms with Crippen molar-refractivity contribution < 1.29 is 22.7 Å². The highest BCUT2D eigenvalue weighted by Gasteiger charge is 2.23. The Hall–Kier alpha value is -2.82. The molecule has 0 aromatic heterocycles. The third-order valence-electron chi connectivity index (χ3n) is 7.43. The van der Waals surface area contributed by atoms with Crippen molar-refractivity contribution >= 4 is 36.9 Å². The maximum Gasteiger partial charge on any atom is 0.228 e. The average molecular weight is 628 g/mol. The number of likely N-dealkylation sites (tertiary alicyclic amines) is 1. The number of hydrazine groups is 1. The highest BCUT2D eigenvalue weighted by molar-refractivity contribution is 5.85. The van der Waals surface area contributed by atoms with Gasteiger partial charge in [0.2, 0.25) is 6.41 Å². The van der Waals surface area contributed by atoms with Gasteiger partial charge in [0.25, 0.3) is 0 Å². The van der Waals surface area contributed by atoms with Gasteiger partial charge in [-0.15, -0.1) is 24.8 Å². The average Bonchev–Trinajstić information content (AvgIpc) is 2.93. The second-order valence-corrected chi connectivity index (χ2v) is 10.7. The van der Waals surface area contributed by atoms with Gasteiger partial charge in [-0.1, -0.05) is 18.2 Å². The van der Waals surface area contributed by atoms with E-state index in [0.717, 1.165) is 63.2 Å². The van der Waals surface area contributed by atoms with E-state index in [-0.39, 0.29) is 30.6 Å². The molecule has 0 aliphatic carbocycles. The van der Waals surface area contributed by atoms with Gasteiger partial charge in [0.05, 0.1) is 5.69 Å². The Bertz CT molecular complexity index is 1310. The lowest BCUT2D eigenvalue weighted by molar-refractivity contribution is -0.109. The number of hydrogen-bond donors (Lipinski definition) is 0. The number of benzene rings is 3. The zero-order valence-electron chi connectivity index (χ0n) is 24.4. The van der Waals surface area contributed by atoms with Crippen molar-refractivity contribution in [3.05, 3.63) is 88.7 Å². The van der Waals surface area contributed by atoms with E-state index in [1.807, 2.05) is 44.4 Å². The number of ether oxygens (including phenoxy) is 1. The van der Waals surface area contributed by atoms with Crippen LogP contribution in [0.5, 0.6) is 11.5 Å². The van der Waals surface area contributed by atoms with Gasteiger partial charge in [0.15, 0.2) is 23.2 Å². The summed E-state index contributed by atoms with van der Waals surface area (Å²) in [6.45, 7) is 6.35. The van der Waals surface area contributed by atoms with Gasteiger partial charge >= 0.3 is 0 Å². The predicted molar refractivity (Wildman–Crippen MR) is 165 cm³/mol. The van der Waals surface area contributed by atoms with Crippen LogP contribution < -0.4 is 9.75 Å². The standard InChI is InChI=1S/C31H37F3N4O2.2ClH/c1-22-5-8-25(38(21-39)36(4)16-15-35(2)3)17-27(22)24-11-13-37(14-12-24)20-23-6-9-26(10-7-23)40-31-19-29(33)28(32)18-30(31)34;;/h5-10,17-19,21,24H,11-16,20H2,1-4H3;2*1H. The van der Waals surface area contributed by atoms with Crippen molar-refractivity contribution in [2.75, 3.05) is 52.3 Å². The molecule has 1 fully saturated rings. The van der Waals surface area contributed by atoms with Crippen LogP contribution in [-0.2, 0) is 11.3 Å². The van der Waals surface area contributed by atoms with Crippen LogP contribution in [0.2, 0.25) is 0 Å². The van der Waals surface area contributed by atoms with E-state index >= 15 is 0 Å². The molecule has 0 spiro atoms. The van der Waals surface area contributed by atoms with Crippen LogP contribution in [0.25, 0.3) is 0 Å². The second-order valence-electron chi connectivity index (χ2n) is 10.7. The second kappa shape index (κ2) is 16.1. The van der Waals surface area contributed by atoms with Crippen molar-refractivity contribution in [3.63, 3.8) is 0 Å². The number of nitrogens with zero attached hydrogens (tertiary/aromatic N) is 4. The van der Waals surface area contributed by atoms with Gasteiger partial charge in [-0.05, 0) is 93.8 Å². The molecule has 0 unspecified atom stereocenters. The van der Waals surface area contributed by atoms with Gasteiger partial charge in [-0.25, -0.2) is 23.2 Å². The first-order valence-electron chi connectivity index (χ1n) is 13.5. The summed E-state index contributed by atoms with van der Waals surface area (Å²) in [6, 6.07) is 14.6. The van der Waals surface area contributed by atoms with Crippen molar-refractivity contribution in [2.24, 2.45) is 0 Å². The maximum atomic E-state index is 13.9. The molecule has 0 atom stereocenters. The Balaban J connectivity index is 0.00000308. The molecule has 11 heteroatoms. The van der Waals surface area contributed by atoms with Crippen LogP contribution in [0.15, 0.2) is 54.6 Å². The first kappa shape index (κ1) is 35.4. The van der Waals surface area contributed by atoms with E-state index in [2.05, 4.69) is 28.9 Å². The van der Waals surface area contributed by atoms with Gasteiger partial charge < -0.3 is 9.64 Å². The molecule has 1 amide bonds. The fourth-order valence-corrected chi connectivity index (χ4v) is 5.03. The molecule has 0 bridgehead atoms. The number of carbonyl (C=O) groups excluding carboxylic acids is 1. The van der Waals surface area contributed by atoms with Crippen LogP contribution in [0.4, 0.5) is 18.9 Å². The van der Waals surface area contributed by atoms with E-state index in [1.165, 1.54) is 11.1 Å². The Morgan fingerprint density at radius 1 is 0.881 bits per heavy atom. The van der Waals surface area contributed by atoms with Gasteiger partial charge in [0.1, 0.15) is 5.75 Å². The number of halogens is 5. The monoisotopic (exact) mass is 626 g/mol. The van der Waals surface area contributed by atoms with Crippen LogP contribution in [0, 0.1) is 24.4 Å². The topological polar surface area (TPSA) is 39.3 Å². The van der Waals surface area contributed by atoms with Crippen molar-refractivity contribution in [1.82, 2.24) is 14.8 Å². The molecule has 0 saturated carbocycles. The number of piperidine rings is 1. The fraction of sp³-hybridized carbons (Fsp3) is 0.387. The lowest BCUT2D eigenvalue weighted by atomic mass is 9.86. The molecule has 1 aliphatic heterocycles. The lowest BCUT2D eigenvalue weighted by Crippen LogP contribution is -2.42. The fourth-order valence-electron chi connectivity index (χ4n) is 5.03. The highest BCUT2D eigenvalue weighted by atomic mass is 35.5. The van der Waals surface area contributed by atoms with Crippen molar-refractivity contribution in [3.8, 4) is 11.5 Å². The molecule has 6 nitrogen and oxygen atoms in total. The predicted octanol–water partition coefficient (Wildman–Crippen LogP) is 6.80. The molecule has 230 valence electrons. The molecule has 1 heterocycles. The Kier molecular flexibility index (Phi) is 13.6. The molecular formula is C31H39Cl2F3N4O2. The summed E-state index contributed by atoms with van der Waals surface area (Å²) in [5, 5.41) is 3.62. The molecule has 1 aliphatic rings. The molecular weight excluding hydrogens is 588 g/mol. The molecule has 4 rings (SSSR count). The van der Waals surface area contributed by atoms with E-state index in [0.29, 0.717) is 23.8 Å². The molecule has 42 heavy (non-hydrogen) atoms. The Morgan fingerprint density at radius 2 is 1.52 bits per heavy atom. The zero-order chi connectivity index (χ0) is 28.8. The Morgan fingerprint density at radius 3 is 2.14 bits per heavy atom. The highest BCUT2D eigenvalue weighted by Crippen LogP contribution is 2.34. The minimum Gasteiger partial charge on any atom is -0.454 e. The molecule has 3 aromatic rings. The van der Waals surface area contributed by atoms with Crippen LogP contribution >= 0.6 is 24.8 Å². The largest absolute Gasteiger partial charge is 0.454 e. The van der Waals surface area contributed by atoms with Crippen LogP contribution in [0.1, 0.15) is 35.4 Å². The van der Waals surface area contributed by atoms with Gasteiger partial charge in [-0.3, -0.25) is 9.69 Å². The summed E-state index contributed by atoms with van der Waals surface area (Å²) in [5.74, 6) is -2.96. The maximum absolute atomic E-state index is 13.9. The number of carbonyl (C=O) groups is 1. The number of anilines is 1. The first-order chi connectivity index (χ1) is 19.1. The zero-order valence-corrected chi connectivity index (χ0v) is 26.0. The van der Waals surface area contributed by atoms with E-state index in [1.54, 1.807) is 17.1 Å². The Labute approximate surface area is 258 Å². The number of aryl methyl sites for hydroxylation is 1.